The van der Waals surface area contributed by atoms with Gasteiger partial charge in [-0.05, 0) is 63.4 Å². The number of hydrogen-bond donors (Lipinski definition) is 3. The van der Waals surface area contributed by atoms with Crippen LogP contribution in [0.25, 0.3) is 10.6 Å². The fraction of sp³-hybridized carbons (Fsp3) is 0.450. The van der Waals surface area contributed by atoms with Crippen LogP contribution in [0.1, 0.15) is 44.6 Å². The number of rotatable bonds is 6. The lowest BCUT2D eigenvalue weighted by Gasteiger charge is -2.25. The molecule has 6 nitrogen and oxygen atoms in total. The monoisotopic (exact) mass is 421 g/mol. The summed E-state index contributed by atoms with van der Waals surface area (Å²) in [6.45, 7) is 5.02. The van der Waals surface area contributed by atoms with Gasteiger partial charge in [0.05, 0.1) is 5.41 Å². The largest absolute Gasteiger partial charge is 0.481 e. The maximum atomic E-state index is 12.2. The van der Waals surface area contributed by atoms with E-state index in [1.807, 2.05) is 18.2 Å². The van der Waals surface area contributed by atoms with Crippen LogP contribution in [0, 0.1) is 5.41 Å². The molecule has 0 radical (unpaired) electrons. The Kier molecular flexibility index (Phi) is 6.37. The Morgan fingerprint density at radius 2 is 2.07 bits per heavy atom. The summed E-state index contributed by atoms with van der Waals surface area (Å²) in [7, 11) is 0. The summed E-state index contributed by atoms with van der Waals surface area (Å²) in [6.07, 6.45) is 1.98. The molecule has 2 heterocycles. The van der Waals surface area contributed by atoms with E-state index in [4.69, 9.17) is 11.6 Å². The van der Waals surface area contributed by atoms with E-state index < -0.39 is 11.4 Å². The number of nitrogens with one attached hydrogen (secondary N) is 2. The zero-order chi connectivity index (χ0) is 20.3. The van der Waals surface area contributed by atoms with Gasteiger partial charge in [-0.25, -0.2) is 4.98 Å². The number of nitrogens with zero attached hydrogens (tertiary/aromatic N) is 1. The first-order chi connectivity index (χ1) is 13.3. The molecule has 0 spiro atoms. The number of carbonyl (C=O) groups is 2. The molecule has 1 aromatic carbocycles. The van der Waals surface area contributed by atoms with Crippen LogP contribution in [0.5, 0.6) is 0 Å². The Morgan fingerprint density at radius 1 is 1.36 bits per heavy atom. The maximum absolute atomic E-state index is 12.2. The first kappa shape index (κ1) is 20.8. The summed E-state index contributed by atoms with van der Waals surface area (Å²) in [5.41, 5.74) is 1.10. The molecular formula is C20H24ClN3O3S. The minimum atomic E-state index is -1.12. The third kappa shape index (κ3) is 4.90. The molecule has 1 aliphatic rings. The zero-order valence-electron chi connectivity index (χ0n) is 15.9. The van der Waals surface area contributed by atoms with Gasteiger partial charge >= 0.3 is 5.97 Å². The van der Waals surface area contributed by atoms with Gasteiger partial charge in [0.15, 0.2) is 0 Å². The van der Waals surface area contributed by atoms with Crippen LogP contribution < -0.4 is 10.6 Å². The van der Waals surface area contributed by atoms with Crippen molar-refractivity contribution in [3.63, 3.8) is 0 Å². The van der Waals surface area contributed by atoms with Crippen molar-refractivity contribution in [1.29, 1.82) is 0 Å². The van der Waals surface area contributed by atoms with Gasteiger partial charge in [-0.15, -0.1) is 11.3 Å². The van der Waals surface area contributed by atoms with E-state index >= 15 is 0 Å². The number of anilines is 1. The molecule has 0 aliphatic carbocycles. The number of benzene rings is 1. The number of halogens is 1. The third-order valence-electron chi connectivity index (χ3n) is 4.98. The second kappa shape index (κ2) is 8.59. The lowest BCUT2D eigenvalue weighted by Crippen LogP contribution is -2.29. The van der Waals surface area contributed by atoms with E-state index in [1.165, 1.54) is 30.7 Å². The number of aromatic nitrogens is 1. The molecule has 0 atom stereocenters. The lowest BCUT2D eigenvalue weighted by atomic mass is 9.87. The third-order valence-corrected chi connectivity index (χ3v) is 6.09. The van der Waals surface area contributed by atoms with Gasteiger partial charge in [-0.1, -0.05) is 17.7 Å². The molecule has 0 bridgehead atoms. The normalized spacial score (nSPS) is 15.4. The first-order valence-corrected chi connectivity index (χ1v) is 10.5. The maximum Gasteiger partial charge on any atom is 0.309 e. The molecule has 1 aliphatic heterocycles. The minimum Gasteiger partial charge on any atom is -0.481 e. The Balaban J connectivity index is 1.78. The van der Waals surface area contributed by atoms with Crippen LogP contribution in [-0.2, 0) is 9.59 Å². The van der Waals surface area contributed by atoms with Gasteiger partial charge in [-0.2, -0.15) is 0 Å². The van der Waals surface area contributed by atoms with E-state index in [0.29, 0.717) is 16.8 Å². The summed E-state index contributed by atoms with van der Waals surface area (Å²) < 4.78 is 0. The lowest BCUT2D eigenvalue weighted by molar-refractivity contribution is -0.148. The smallest absolute Gasteiger partial charge is 0.309 e. The summed E-state index contributed by atoms with van der Waals surface area (Å²) >= 11 is 7.70. The van der Waals surface area contributed by atoms with E-state index in [0.717, 1.165) is 36.5 Å². The standard InChI is InChI=1S/C20H24ClN3O3S/c1-20(2,19(26)27)10-17(25)23-16-11-28-18(24-16)14-4-3-13(21)9-15(14)12-5-7-22-8-6-12/h3-4,9,11-12,22H,5-8,10H2,1-2H3,(H,23,25)(H,26,27). The summed E-state index contributed by atoms with van der Waals surface area (Å²) in [5, 5.41) is 18.6. The molecule has 0 unspecified atom stereocenters. The molecule has 8 heteroatoms. The Morgan fingerprint density at radius 3 is 2.75 bits per heavy atom. The number of carboxylic acid groups (broad SMARTS) is 1. The number of hydrogen-bond acceptors (Lipinski definition) is 5. The predicted octanol–water partition coefficient (Wildman–Crippen LogP) is 4.37. The topological polar surface area (TPSA) is 91.3 Å². The van der Waals surface area contributed by atoms with Gasteiger partial charge < -0.3 is 15.7 Å². The van der Waals surface area contributed by atoms with Crippen LogP contribution >= 0.6 is 22.9 Å². The van der Waals surface area contributed by atoms with Crippen LogP contribution in [0.2, 0.25) is 5.02 Å². The molecule has 1 aromatic heterocycles. The van der Waals surface area contributed by atoms with E-state index in [2.05, 4.69) is 15.6 Å². The number of amides is 1. The molecule has 0 saturated carbocycles. The first-order valence-electron chi connectivity index (χ1n) is 9.25. The average molecular weight is 422 g/mol. The van der Waals surface area contributed by atoms with Gasteiger partial charge in [0.1, 0.15) is 10.8 Å². The number of aliphatic carboxylic acids is 1. The van der Waals surface area contributed by atoms with Crippen molar-refractivity contribution in [3.8, 4) is 10.6 Å². The molecule has 3 rings (SSSR count). The van der Waals surface area contributed by atoms with Crippen molar-refractivity contribution in [2.75, 3.05) is 18.4 Å². The second-order valence-electron chi connectivity index (χ2n) is 7.71. The summed E-state index contributed by atoms with van der Waals surface area (Å²) in [6, 6.07) is 5.86. The van der Waals surface area contributed by atoms with E-state index in [1.54, 1.807) is 5.38 Å². The molecule has 1 amide bonds. The van der Waals surface area contributed by atoms with Crippen LogP contribution in [0.3, 0.4) is 0 Å². The molecule has 2 aromatic rings. The average Bonchev–Trinajstić information content (AvgIpc) is 3.09. The molecule has 150 valence electrons. The number of thiazole rings is 1. The second-order valence-corrected chi connectivity index (χ2v) is 9.00. The highest BCUT2D eigenvalue weighted by Crippen LogP contribution is 2.37. The fourth-order valence-electron chi connectivity index (χ4n) is 3.32. The quantitative estimate of drug-likeness (QED) is 0.644. The Hall–Kier alpha value is -1.96. The molecule has 1 fully saturated rings. The van der Waals surface area contributed by atoms with Crippen molar-refractivity contribution in [2.45, 2.75) is 39.0 Å². The Labute approximate surface area is 173 Å². The SMILES string of the molecule is CC(C)(CC(=O)Nc1csc(-c2ccc(Cl)cc2C2CCNCC2)n1)C(=O)O. The van der Waals surface area contributed by atoms with Crippen molar-refractivity contribution in [2.24, 2.45) is 5.41 Å². The summed E-state index contributed by atoms with van der Waals surface area (Å²) in [4.78, 5) is 28.0. The van der Waals surface area contributed by atoms with Crippen molar-refractivity contribution >= 4 is 40.6 Å². The van der Waals surface area contributed by atoms with Crippen molar-refractivity contribution in [3.05, 3.63) is 34.2 Å². The highest BCUT2D eigenvalue weighted by atomic mass is 35.5. The molecule has 1 saturated heterocycles. The highest BCUT2D eigenvalue weighted by molar-refractivity contribution is 7.13. The molecule has 28 heavy (non-hydrogen) atoms. The Bertz CT molecular complexity index is 875. The van der Waals surface area contributed by atoms with Gasteiger partial charge in [0, 0.05) is 22.4 Å². The van der Waals surface area contributed by atoms with Crippen molar-refractivity contribution < 1.29 is 14.7 Å². The van der Waals surface area contributed by atoms with Gasteiger partial charge in [-0.3, -0.25) is 9.59 Å². The van der Waals surface area contributed by atoms with Crippen LogP contribution in [0.4, 0.5) is 5.82 Å². The van der Waals surface area contributed by atoms with Crippen LogP contribution in [0.15, 0.2) is 23.6 Å². The summed E-state index contributed by atoms with van der Waals surface area (Å²) in [5.74, 6) is -0.501. The van der Waals surface area contributed by atoms with E-state index in [9.17, 15) is 14.7 Å². The molecule has 3 N–H and O–H groups in total. The number of carbonyl (C=O) groups excluding carboxylic acids is 1. The molecular weight excluding hydrogens is 398 g/mol. The predicted molar refractivity (Wildman–Crippen MR) is 112 cm³/mol. The number of piperidine rings is 1. The minimum absolute atomic E-state index is 0.115. The highest BCUT2D eigenvalue weighted by Gasteiger charge is 2.30. The van der Waals surface area contributed by atoms with Gasteiger partial charge in [0.2, 0.25) is 5.91 Å². The van der Waals surface area contributed by atoms with E-state index in [-0.39, 0.29) is 12.3 Å². The van der Waals surface area contributed by atoms with Crippen molar-refractivity contribution in [1.82, 2.24) is 10.3 Å². The van der Waals surface area contributed by atoms with Crippen LogP contribution in [-0.4, -0.2) is 35.1 Å². The zero-order valence-corrected chi connectivity index (χ0v) is 17.5. The number of carboxylic acids is 1. The fourth-order valence-corrected chi connectivity index (χ4v) is 4.30. The van der Waals surface area contributed by atoms with Gasteiger partial charge in [0.25, 0.3) is 0 Å².